The van der Waals surface area contributed by atoms with Crippen LogP contribution in [-0.4, -0.2) is 21.9 Å². The maximum Gasteiger partial charge on any atom is 0.335 e. The Balaban J connectivity index is 1.83. The van der Waals surface area contributed by atoms with E-state index in [1.165, 1.54) is 6.07 Å². The van der Waals surface area contributed by atoms with Gasteiger partial charge in [-0.2, -0.15) is 0 Å². The molecule has 27 heavy (non-hydrogen) atoms. The summed E-state index contributed by atoms with van der Waals surface area (Å²) in [7, 11) is 0. The van der Waals surface area contributed by atoms with Gasteiger partial charge in [-0.05, 0) is 22.8 Å². The normalized spacial score (nSPS) is 10.4. The van der Waals surface area contributed by atoms with Crippen LogP contribution in [0.1, 0.15) is 27.0 Å². The van der Waals surface area contributed by atoms with Crippen molar-refractivity contribution in [2.75, 3.05) is 0 Å². The fourth-order valence-corrected chi connectivity index (χ4v) is 3.00. The molecule has 0 aliphatic carbocycles. The third-order valence-electron chi connectivity index (χ3n) is 4.37. The van der Waals surface area contributed by atoms with Crippen LogP contribution < -0.4 is 0 Å². The first-order valence-corrected chi connectivity index (χ1v) is 8.80. The van der Waals surface area contributed by atoms with E-state index in [0.717, 1.165) is 11.1 Å². The van der Waals surface area contributed by atoms with E-state index in [0.29, 0.717) is 18.7 Å². The maximum atomic E-state index is 13.0. The third kappa shape index (κ3) is 5.05. The first-order valence-electron chi connectivity index (χ1n) is 8.80. The van der Waals surface area contributed by atoms with E-state index >= 15 is 0 Å². The zero-order chi connectivity index (χ0) is 19.1. The Morgan fingerprint density at radius 1 is 0.704 bits per heavy atom. The van der Waals surface area contributed by atoms with Crippen LogP contribution in [0.25, 0.3) is 0 Å². The highest BCUT2D eigenvalue weighted by Gasteiger charge is 2.18. The zero-order valence-electron chi connectivity index (χ0n) is 14.9. The van der Waals surface area contributed by atoms with Crippen molar-refractivity contribution in [1.29, 1.82) is 0 Å². The van der Waals surface area contributed by atoms with Crippen LogP contribution in [-0.2, 0) is 24.3 Å². The molecule has 4 heteroatoms. The van der Waals surface area contributed by atoms with Crippen molar-refractivity contribution in [2.24, 2.45) is 0 Å². The van der Waals surface area contributed by atoms with Gasteiger partial charge in [0.2, 0.25) is 5.91 Å². The Morgan fingerprint density at radius 2 is 1.19 bits per heavy atom. The van der Waals surface area contributed by atoms with Gasteiger partial charge in [0.15, 0.2) is 0 Å². The van der Waals surface area contributed by atoms with Crippen LogP contribution >= 0.6 is 0 Å². The number of hydrogen-bond donors (Lipinski definition) is 1. The zero-order valence-corrected chi connectivity index (χ0v) is 14.9. The van der Waals surface area contributed by atoms with Crippen molar-refractivity contribution in [3.63, 3.8) is 0 Å². The first kappa shape index (κ1) is 18.4. The fraction of sp³-hybridized carbons (Fsp3) is 0.130. The van der Waals surface area contributed by atoms with E-state index in [9.17, 15) is 14.7 Å². The number of carboxylic acids is 1. The van der Waals surface area contributed by atoms with Crippen LogP contribution in [0.3, 0.4) is 0 Å². The molecule has 3 rings (SSSR count). The summed E-state index contributed by atoms with van der Waals surface area (Å²) in [5, 5.41) is 9.36. The van der Waals surface area contributed by atoms with E-state index in [1.807, 2.05) is 60.7 Å². The molecule has 136 valence electrons. The molecule has 3 aromatic carbocycles. The van der Waals surface area contributed by atoms with E-state index in [2.05, 4.69) is 0 Å². The van der Waals surface area contributed by atoms with Crippen molar-refractivity contribution in [2.45, 2.75) is 19.5 Å². The molecule has 1 N–H and O–H groups in total. The number of hydrogen-bond acceptors (Lipinski definition) is 2. The quantitative estimate of drug-likeness (QED) is 0.689. The lowest BCUT2D eigenvalue weighted by molar-refractivity contribution is -0.131. The van der Waals surface area contributed by atoms with Gasteiger partial charge in [0, 0.05) is 13.1 Å². The molecule has 0 atom stereocenters. The predicted octanol–water partition coefficient (Wildman–Crippen LogP) is 4.16. The molecular formula is C23H21NO3. The Kier molecular flexibility index (Phi) is 6.00. The molecule has 0 fully saturated rings. The number of carboxylic acid groups (broad SMARTS) is 1. The number of rotatable bonds is 7. The molecule has 0 saturated heterocycles. The minimum absolute atomic E-state index is 0.0577. The Labute approximate surface area is 158 Å². The SMILES string of the molecule is O=C(O)c1ccccc1CC(=O)N(Cc1ccccc1)Cc1ccccc1. The average molecular weight is 359 g/mol. The molecule has 0 aliphatic rings. The highest BCUT2D eigenvalue weighted by atomic mass is 16.4. The van der Waals surface area contributed by atoms with E-state index in [-0.39, 0.29) is 17.9 Å². The summed E-state index contributed by atoms with van der Waals surface area (Å²) < 4.78 is 0. The lowest BCUT2D eigenvalue weighted by Gasteiger charge is -2.23. The second-order valence-electron chi connectivity index (χ2n) is 6.36. The lowest BCUT2D eigenvalue weighted by atomic mass is 10.0. The molecule has 0 saturated carbocycles. The van der Waals surface area contributed by atoms with Gasteiger partial charge >= 0.3 is 5.97 Å². The number of carbonyl (C=O) groups is 2. The molecule has 1 amide bonds. The number of amides is 1. The summed E-state index contributed by atoms with van der Waals surface area (Å²) in [5.41, 5.74) is 2.77. The Morgan fingerprint density at radius 3 is 1.70 bits per heavy atom. The second kappa shape index (κ2) is 8.81. The standard InChI is InChI=1S/C23H21NO3/c25-22(15-20-13-7-8-14-21(20)23(26)27)24(16-18-9-3-1-4-10-18)17-19-11-5-2-6-12-19/h1-14H,15-17H2,(H,26,27). The van der Waals surface area contributed by atoms with Gasteiger partial charge in [0.05, 0.1) is 12.0 Å². The van der Waals surface area contributed by atoms with E-state index < -0.39 is 5.97 Å². The Hall–Kier alpha value is -3.40. The van der Waals surface area contributed by atoms with Gasteiger partial charge in [0.25, 0.3) is 0 Å². The summed E-state index contributed by atoms with van der Waals surface area (Å²) in [5.74, 6) is -1.12. The number of aromatic carboxylic acids is 1. The third-order valence-corrected chi connectivity index (χ3v) is 4.37. The molecule has 3 aromatic rings. The molecule has 0 heterocycles. The topological polar surface area (TPSA) is 57.6 Å². The van der Waals surface area contributed by atoms with E-state index in [1.54, 1.807) is 23.1 Å². The highest BCUT2D eigenvalue weighted by molar-refractivity contribution is 5.91. The van der Waals surface area contributed by atoms with Gasteiger partial charge in [-0.15, -0.1) is 0 Å². The molecule has 0 aliphatic heterocycles. The fourth-order valence-electron chi connectivity index (χ4n) is 3.00. The van der Waals surface area contributed by atoms with Gasteiger partial charge in [-0.25, -0.2) is 4.79 Å². The Bertz CT molecular complexity index is 866. The van der Waals surface area contributed by atoms with Crippen LogP contribution in [0.15, 0.2) is 84.9 Å². The van der Waals surface area contributed by atoms with Crippen molar-refractivity contribution < 1.29 is 14.7 Å². The molecular weight excluding hydrogens is 338 g/mol. The molecule has 4 nitrogen and oxygen atoms in total. The van der Waals surface area contributed by atoms with Crippen molar-refractivity contribution in [3.8, 4) is 0 Å². The number of benzene rings is 3. The first-order chi connectivity index (χ1) is 13.1. The maximum absolute atomic E-state index is 13.0. The number of nitrogens with zero attached hydrogens (tertiary/aromatic N) is 1. The van der Waals surface area contributed by atoms with Crippen LogP contribution in [0, 0.1) is 0 Å². The number of carbonyl (C=O) groups excluding carboxylic acids is 1. The summed E-state index contributed by atoms with van der Waals surface area (Å²) >= 11 is 0. The van der Waals surface area contributed by atoms with Crippen molar-refractivity contribution in [1.82, 2.24) is 4.90 Å². The predicted molar refractivity (Wildman–Crippen MR) is 104 cm³/mol. The largest absolute Gasteiger partial charge is 0.478 e. The van der Waals surface area contributed by atoms with Crippen LogP contribution in [0.2, 0.25) is 0 Å². The van der Waals surface area contributed by atoms with E-state index in [4.69, 9.17) is 0 Å². The van der Waals surface area contributed by atoms with Crippen LogP contribution in [0.5, 0.6) is 0 Å². The molecule has 0 aromatic heterocycles. The monoisotopic (exact) mass is 359 g/mol. The lowest BCUT2D eigenvalue weighted by Crippen LogP contribution is -2.31. The molecule has 0 radical (unpaired) electrons. The molecule has 0 bridgehead atoms. The van der Waals surface area contributed by atoms with Crippen molar-refractivity contribution >= 4 is 11.9 Å². The van der Waals surface area contributed by atoms with Gasteiger partial charge in [-0.3, -0.25) is 4.79 Å². The highest BCUT2D eigenvalue weighted by Crippen LogP contribution is 2.15. The average Bonchev–Trinajstić information content (AvgIpc) is 2.69. The second-order valence-corrected chi connectivity index (χ2v) is 6.36. The minimum Gasteiger partial charge on any atom is -0.478 e. The smallest absolute Gasteiger partial charge is 0.335 e. The summed E-state index contributed by atoms with van der Waals surface area (Å²) in [4.78, 5) is 26.2. The van der Waals surface area contributed by atoms with Gasteiger partial charge in [0.1, 0.15) is 0 Å². The minimum atomic E-state index is -1.02. The molecule has 0 unspecified atom stereocenters. The summed E-state index contributed by atoms with van der Waals surface area (Å²) in [6, 6.07) is 26.2. The van der Waals surface area contributed by atoms with Gasteiger partial charge in [-0.1, -0.05) is 78.9 Å². The van der Waals surface area contributed by atoms with Gasteiger partial charge < -0.3 is 10.0 Å². The summed E-state index contributed by atoms with van der Waals surface area (Å²) in [6.07, 6.45) is 0.0577. The summed E-state index contributed by atoms with van der Waals surface area (Å²) in [6.45, 7) is 0.952. The van der Waals surface area contributed by atoms with Crippen LogP contribution in [0.4, 0.5) is 0 Å². The molecule has 0 spiro atoms. The van der Waals surface area contributed by atoms with Crippen molar-refractivity contribution in [3.05, 3.63) is 107 Å².